The summed E-state index contributed by atoms with van der Waals surface area (Å²) in [5, 5.41) is 3.97. The topological polar surface area (TPSA) is 68.0 Å². The fourth-order valence-corrected chi connectivity index (χ4v) is 3.89. The lowest BCUT2D eigenvalue weighted by Gasteiger charge is -2.40. The van der Waals surface area contributed by atoms with Crippen LogP contribution in [0.5, 0.6) is 0 Å². The van der Waals surface area contributed by atoms with E-state index in [4.69, 9.17) is 14.0 Å². The highest BCUT2D eigenvalue weighted by molar-refractivity contribution is 5.93. The second kappa shape index (κ2) is 8.29. The van der Waals surface area contributed by atoms with Gasteiger partial charge >= 0.3 is 0 Å². The van der Waals surface area contributed by atoms with Gasteiger partial charge < -0.3 is 18.9 Å². The molecule has 2 saturated heterocycles. The first-order chi connectivity index (χ1) is 12.1. The van der Waals surface area contributed by atoms with Crippen LogP contribution in [0.1, 0.15) is 41.6 Å². The Kier molecular flexibility index (Phi) is 6.09. The first-order valence-corrected chi connectivity index (χ1v) is 9.17. The van der Waals surface area contributed by atoms with Gasteiger partial charge in [-0.1, -0.05) is 5.16 Å². The van der Waals surface area contributed by atoms with E-state index in [0.717, 1.165) is 57.8 Å². The number of carbonyl (C=O) groups is 1. The van der Waals surface area contributed by atoms with E-state index in [1.54, 1.807) is 7.11 Å². The summed E-state index contributed by atoms with van der Waals surface area (Å²) in [6.45, 7) is 9.70. The van der Waals surface area contributed by atoms with Gasteiger partial charge in [0.25, 0.3) is 5.91 Å². The van der Waals surface area contributed by atoms with E-state index in [9.17, 15) is 4.79 Å². The van der Waals surface area contributed by atoms with Gasteiger partial charge in [0.15, 0.2) is 5.69 Å². The third kappa shape index (κ3) is 4.04. The van der Waals surface area contributed by atoms with E-state index in [1.807, 2.05) is 11.8 Å². The lowest BCUT2D eigenvalue weighted by Crippen LogP contribution is -2.49. The van der Waals surface area contributed by atoms with Gasteiger partial charge in [0.1, 0.15) is 5.76 Å². The quantitative estimate of drug-likeness (QED) is 0.804. The maximum absolute atomic E-state index is 12.8. The standard InChI is InChI=1S/C18H29N3O4/c1-13(20-8-10-24-11-9-20)15-4-6-21(7-5-15)18(22)17-16(12-23-3)14(2)25-19-17/h13,15H,4-12H2,1-3H3/t13-/m1/s1. The number of morpholine rings is 1. The highest BCUT2D eigenvalue weighted by atomic mass is 16.5. The van der Waals surface area contributed by atoms with Crippen LogP contribution in [0.3, 0.4) is 0 Å². The van der Waals surface area contributed by atoms with Crippen LogP contribution in [-0.2, 0) is 16.1 Å². The van der Waals surface area contributed by atoms with Gasteiger partial charge in [-0.05, 0) is 32.6 Å². The second-order valence-corrected chi connectivity index (χ2v) is 7.02. The molecule has 0 bridgehead atoms. The molecule has 2 aliphatic heterocycles. The van der Waals surface area contributed by atoms with Crippen LogP contribution < -0.4 is 0 Å². The van der Waals surface area contributed by atoms with Crippen LogP contribution >= 0.6 is 0 Å². The summed E-state index contributed by atoms with van der Waals surface area (Å²) >= 11 is 0. The predicted octanol–water partition coefficient (Wildman–Crippen LogP) is 1.70. The summed E-state index contributed by atoms with van der Waals surface area (Å²) in [6.07, 6.45) is 2.06. The fourth-order valence-electron chi connectivity index (χ4n) is 3.89. The minimum Gasteiger partial charge on any atom is -0.380 e. The molecule has 2 aliphatic rings. The van der Waals surface area contributed by atoms with Crippen LogP contribution in [-0.4, -0.2) is 73.4 Å². The molecule has 0 spiro atoms. The summed E-state index contributed by atoms with van der Waals surface area (Å²) < 4.78 is 15.8. The third-order valence-corrected chi connectivity index (χ3v) is 5.61. The molecule has 0 radical (unpaired) electrons. The molecule has 0 saturated carbocycles. The molecule has 7 nitrogen and oxygen atoms in total. The minimum atomic E-state index is -0.0404. The number of hydrogen-bond acceptors (Lipinski definition) is 6. The Morgan fingerprint density at radius 1 is 1.28 bits per heavy atom. The number of aromatic nitrogens is 1. The number of methoxy groups -OCH3 is 1. The van der Waals surface area contributed by atoms with Gasteiger partial charge in [-0.15, -0.1) is 0 Å². The molecule has 1 aromatic rings. The van der Waals surface area contributed by atoms with Crippen molar-refractivity contribution in [2.45, 2.75) is 39.3 Å². The number of ether oxygens (including phenoxy) is 2. The summed E-state index contributed by atoms with van der Waals surface area (Å²) in [7, 11) is 1.61. The molecule has 3 rings (SSSR count). The lowest BCUT2D eigenvalue weighted by molar-refractivity contribution is -0.00102. The Hall–Kier alpha value is -1.44. The van der Waals surface area contributed by atoms with Crippen molar-refractivity contribution in [3.05, 3.63) is 17.0 Å². The monoisotopic (exact) mass is 351 g/mol. The summed E-state index contributed by atoms with van der Waals surface area (Å²) in [6, 6.07) is 0.541. The maximum atomic E-state index is 12.8. The zero-order valence-electron chi connectivity index (χ0n) is 15.5. The van der Waals surface area contributed by atoms with Crippen molar-refractivity contribution in [3.63, 3.8) is 0 Å². The van der Waals surface area contributed by atoms with E-state index in [-0.39, 0.29) is 5.91 Å². The zero-order chi connectivity index (χ0) is 17.8. The van der Waals surface area contributed by atoms with Crippen molar-refractivity contribution in [1.29, 1.82) is 0 Å². The van der Waals surface area contributed by atoms with Crippen molar-refractivity contribution >= 4 is 5.91 Å². The fraction of sp³-hybridized carbons (Fsp3) is 0.778. The van der Waals surface area contributed by atoms with Crippen LogP contribution in [0.25, 0.3) is 0 Å². The van der Waals surface area contributed by atoms with Crippen molar-refractivity contribution in [2.75, 3.05) is 46.5 Å². The lowest BCUT2D eigenvalue weighted by atomic mass is 9.89. The number of hydrogen-bond donors (Lipinski definition) is 0. The maximum Gasteiger partial charge on any atom is 0.276 e. The molecule has 25 heavy (non-hydrogen) atoms. The predicted molar refractivity (Wildman–Crippen MR) is 92.4 cm³/mol. The highest BCUT2D eigenvalue weighted by Crippen LogP contribution is 2.26. The SMILES string of the molecule is COCc1c(C(=O)N2CCC([C@@H](C)N3CCOCC3)CC2)noc1C. The number of carbonyl (C=O) groups excluding carboxylic acids is 1. The smallest absolute Gasteiger partial charge is 0.276 e. The molecule has 7 heteroatoms. The average Bonchev–Trinajstić information content (AvgIpc) is 3.02. The highest BCUT2D eigenvalue weighted by Gasteiger charge is 2.32. The molecule has 2 fully saturated rings. The minimum absolute atomic E-state index is 0.0404. The van der Waals surface area contributed by atoms with Gasteiger partial charge in [-0.3, -0.25) is 9.69 Å². The number of likely N-dealkylation sites (tertiary alicyclic amines) is 1. The van der Waals surface area contributed by atoms with Gasteiger partial charge in [0, 0.05) is 39.3 Å². The normalized spacial score (nSPS) is 21.5. The van der Waals surface area contributed by atoms with Crippen LogP contribution in [0.15, 0.2) is 4.52 Å². The van der Waals surface area contributed by atoms with Gasteiger partial charge in [-0.2, -0.15) is 0 Å². The van der Waals surface area contributed by atoms with E-state index >= 15 is 0 Å². The van der Waals surface area contributed by atoms with Crippen molar-refractivity contribution in [2.24, 2.45) is 5.92 Å². The number of amides is 1. The molecule has 140 valence electrons. The number of aryl methyl sites for hydroxylation is 1. The van der Waals surface area contributed by atoms with E-state index in [1.165, 1.54) is 0 Å². The van der Waals surface area contributed by atoms with Crippen LogP contribution in [0.4, 0.5) is 0 Å². The zero-order valence-corrected chi connectivity index (χ0v) is 15.5. The number of rotatable bonds is 5. The summed E-state index contributed by atoms with van der Waals surface area (Å²) in [5.74, 6) is 1.24. The molecule has 1 amide bonds. The average molecular weight is 351 g/mol. The summed E-state index contributed by atoms with van der Waals surface area (Å²) in [5.41, 5.74) is 1.16. The molecule has 0 N–H and O–H groups in total. The van der Waals surface area contributed by atoms with Crippen molar-refractivity contribution in [1.82, 2.24) is 15.0 Å². The first kappa shape index (κ1) is 18.4. The molecular weight excluding hydrogens is 322 g/mol. The Balaban J connectivity index is 1.57. The van der Waals surface area contributed by atoms with E-state index in [2.05, 4.69) is 17.0 Å². The molecular formula is C18H29N3O4. The largest absolute Gasteiger partial charge is 0.380 e. The van der Waals surface area contributed by atoms with Gasteiger partial charge in [0.2, 0.25) is 0 Å². The Labute approximate surface area is 149 Å². The molecule has 1 aromatic heterocycles. The van der Waals surface area contributed by atoms with Crippen molar-refractivity contribution < 1.29 is 18.8 Å². The van der Waals surface area contributed by atoms with Crippen molar-refractivity contribution in [3.8, 4) is 0 Å². The second-order valence-electron chi connectivity index (χ2n) is 7.02. The number of piperidine rings is 1. The van der Waals surface area contributed by atoms with E-state index in [0.29, 0.717) is 30.0 Å². The molecule has 3 heterocycles. The van der Waals surface area contributed by atoms with Crippen LogP contribution in [0, 0.1) is 12.8 Å². The third-order valence-electron chi connectivity index (χ3n) is 5.61. The molecule has 1 atom stereocenters. The summed E-state index contributed by atoms with van der Waals surface area (Å²) in [4.78, 5) is 17.2. The first-order valence-electron chi connectivity index (χ1n) is 9.17. The Bertz CT molecular complexity index is 575. The number of nitrogens with zero attached hydrogens (tertiary/aromatic N) is 3. The van der Waals surface area contributed by atoms with Gasteiger partial charge in [0.05, 0.1) is 25.4 Å². The van der Waals surface area contributed by atoms with E-state index < -0.39 is 0 Å². The Morgan fingerprint density at radius 3 is 2.60 bits per heavy atom. The Morgan fingerprint density at radius 2 is 1.96 bits per heavy atom. The molecule has 0 unspecified atom stereocenters. The van der Waals surface area contributed by atoms with Gasteiger partial charge in [-0.25, -0.2) is 0 Å². The molecule has 0 aliphatic carbocycles. The molecule has 0 aromatic carbocycles. The van der Waals surface area contributed by atoms with Crippen LogP contribution in [0.2, 0.25) is 0 Å².